The number of anilines is 1. The molecule has 0 bridgehead atoms. The van der Waals surface area contributed by atoms with Crippen molar-refractivity contribution in [2.75, 3.05) is 32.1 Å². The Hall–Kier alpha value is -2.56. The van der Waals surface area contributed by atoms with Crippen LogP contribution in [-0.4, -0.2) is 49.1 Å². The van der Waals surface area contributed by atoms with Crippen molar-refractivity contribution in [3.8, 4) is 5.75 Å². The van der Waals surface area contributed by atoms with Gasteiger partial charge in [-0.2, -0.15) is 0 Å². The number of nitrogens with zero attached hydrogens (tertiary/aromatic N) is 3. The van der Waals surface area contributed by atoms with Crippen LogP contribution in [0.15, 0.2) is 48.8 Å². The van der Waals surface area contributed by atoms with Crippen LogP contribution in [0, 0.1) is 0 Å². The van der Waals surface area contributed by atoms with E-state index < -0.39 is 0 Å². The molecule has 0 spiro atoms. The fourth-order valence-electron chi connectivity index (χ4n) is 2.87. The Morgan fingerprint density at radius 3 is 2.46 bits per heavy atom. The van der Waals surface area contributed by atoms with Crippen molar-refractivity contribution in [3.05, 3.63) is 54.4 Å². The number of likely N-dealkylation sites (tertiary alicyclic amines) is 1. The molecule has 0 radical (unpaired) electrons. The van der Waals surface area contributed by atoms with Crippen molar-refractivity contribution in [3.63, 3.8) is 0 Å². The van der Waals surface area contributed by atoms with E-state index in [1.165, 1.54) is 0 Å². The van der Waals surface area contributed by atoms with Gasteiger partial charge in [-0.3, -0.25) is 9.78 Å². The molecule has 2 aromatic rings. The van der Waals surface area contributed by atoms with Crippen molar-refractivity contribution in [1.29, 1.82) is 0 Å². The standard InChI is InChI=1S/C19H23N3O2/c1-21(2)16-7-5-15(6-8-16)19(23)22-12-9-17(10-13-22)24-18-4-3-11-20-14-18/h3-8,11,14,17H,9-10,12-13H2,1-2H3. The number of pyridine rings is 1. The molecule has 5 nitrogen and oxygen atoms in total. The van der Waals surface area contributed by atoms with E-state index in [4.69, 9.17) is 4.74 Å². The fourth-order valence-corrected chi connectivity index (χ4v) is 2.87. The van der Waals surface area contributed by atoms with Crippen LogP contribution in [-0.2, 0) is 0 Å². The summed E-state index contributed by atoms with van der Waals surface area (Å²) in [7, 11) is 3.98. The normalized spacial score (nSPS) is 15.2. The molecule has 126 valence electrons. The Balaban J connectivity index is 1.55. The summed E-state index contributed by atoms with van der Waals surface area (Å²) in [5, 5.41) is 0. The number of hydrogen-bond donors (Lipinski definition) is 0. The van der Waals surface area contributed by atoms with E-state index in [0.717, 1.165) is 42.9 Å². The first-order chi connectivity index (χ1) is 11.6. The summed E-state index contributed by atoms with van der Waals surface area (Å²) in [5.74, 6) is 0.890. The van der Waals surface area contributed by atoms with Gasteiger partial charge in [0.2, 0.25) is 0 Å². The third kappa shape index (κ3) is 3.85. The third-order valence-electron chi connectivity index (χ3n) is 4.30. The zero-order valence-electron chi connectivity index (χ0n) is 14.2. The zero-order chi connectivity index (χ0) is 16.9. The number of piperidine rings is 1. The topological polar surface area (TPSA) is 45.7 Å². The first-order valence-corrected chi connectivity index (χ1v) is 8.27. The van der Waals surface area contributed by atoms with Crippen LogP contribution in [0.25, 0.3) is 0 Å². The minimum atomic E-state index is 0.0973. The molecule has 1 aromatic carbocycles. The predicted molar refractivity (Wildman–Crippen MR) is 94.6 cm³/mol. The van der Waals surface area contributed by atoms with Gasteiger partial charge in [-0.15, -0.1) is 0 Å². The van der Waals surface area contributed by atoms with Gasteiger partial charge in [0.05, 0.1) is 6.20 Å². The monoisotopic (exact) mass is 325 g/mol. The minimum Gasteiger partial charge on any atom is -0.489 e. The quantitative estimate of drug-likeness (QED) is 0.867. The molecular weight excluding hydrogens is 302 g/mol. The summed E-state index contributed by atoms with van der Waals surface area (Å²) in [6, 6.07) is 11.5. The summed E-state index contributed by atoms with van der Waals surface area (Å²) < 4.78 is 5.93. The number of benzene rings is 1. The molecule has 1 aromatic heterocycles. The molecule has 0 saturated carbocycles. The molecule has 0 atom stereocenters. The number of amides is 1. The lowest BCUT2D eigenvalue weighted by atomic mass is 10.1. The number of aromatic nitrogens is 1. The van der Waals surface area contributed by atoms with Crippen LogP contribution >= 0.6 is 0 Å². The molecule has 2 heterocycles. The molecule has 0 unspecified atom stereocenters. The maximum atomic E-state index is 12.6. The average molecular weight is 325 g/mol. The van der Waals surface area contributed by atoms with Gasteiger partial charge < -0.3 is 14.5 Å². The van der Waals surface area contributed by atoms with E-state index in [0.29, 0.717) is 0 Å². The van der Waals surface area contributed by atoms with Crippen molar-refractivity contribution in [1.82, 2.24) is 9.88 Å². The Bertz CT molecular complexity index is 663. The SMILES string of the molecule is CN(C)c1ccc(C(=O)N2CCC(Oc3cccnc3)CC2)cc1. The molecule has 1 aliphatic heterocycles. The second-order valence-electron chi connectivity index (χ2n) is 6.24. The lowest BCUT2D eigenvalue weighted by molar-refractivity contribution is 0.0595. The molecule has 5 heteroatoms. The minimum absolute atomic E-state index is 0.0973. The average Bonchev–Trinajstić information content (AvgIpc) is 2.63. The van der Waals surface area contributed by atoms with Gasteiger partial charge >= 0.3 is 0 Å². The first-order valence-electron chi connectivity index (χ1n) is 8.27. The van der Waals surface area contributed by atoms with E-state index in [-0.39, 0.29) is 12.0 Å². The Labute approximate surface area is 142 Å². The van der Waals surface area contributed by atoms with Crippen LogP contribution in [0.5, 0.6) is 5.75 Å². The Morgan fingerprint density at radius 2 is 1.88 bits per heavy atom. The largest absolute Gasteiger partial charge is 0.489 e. The number of carbonyl (C=O) groups excluding carboxylic acids is 1. The highest BCUT2D eigenvalue weighted by Gasteiger charge is 2.24. The number of hydrogen-bond acceptors (Lipinski definition) is 4. The van der Waals surface area contributed by atoms with E-state index in [1.54, 1.807) is 12.4 Å². The summed E-state index contributed by atoms with van der Waals surface area (Å²) in [4.78, 5) is 20.6. The van der Waals surface area contributed by atoms with Gasteiger partial charge in [0.25, 0.3) is 5.91 Å². The predicted octanol–water partition coefficient (Wildman–Crippen LogP) is 2.83. The van der Waals surface area contributed by atoms with Crippen molar-refractivity contribution < 1.29 is 9.53 Å². The lowest BCUT2D eigenvalue weighted by Gasteiger charge is -2.32. The van der Waals surface area contributed by atoms with Crippen LogP contribution in [0.3, 0.4) is 0 Å². The van der Waals surface area contributed by atoms with E-state index in [9.17, 15) is 4.79 Å². The summed E-state index contributed by atoms with van der Waals surface area (Å²) in [6.07, 6.45) is 5.29. The number of ether oxygens (including phenoxy) is 1. The van der Waals surface area contributed by atoms with Gasteiger partial charge in [0.15, 0.2) is 0 Å². The summed E-state index contributed by atoms with van der Waals surface area (Å²) in [6.45, 7) is 1.44. The molecule has 0 N–H and O–H groups in total. The van der Waals surface area contributed by atoms with Crippen molar-refractivity contribution in [2.45, 2.75) is 18.9 Å². The second-order valence-corrected chi connectivity index (χ2v) is 6.24. The first kappa shape index (κ1) is 16.3. The molecule has 3 rings (SSSR count). The highest BCUT2D eigenvalue weighted by atomic mass is 16.5. The fraction of sp³-hybridized carbons (Fsp3) is 0.368. The van der Waals surface area contributed by atoms with Crippen molar-refractivity contribution in [2.24, 2.45) is 0 Å². The smallest absolute Gasteiger partial charge is 0.253 e. The van der Waals surface area contributed by atoms with E-state index >= 15 is 0 Å². The maximum Gasteiger partial charge on any atom is 0.253 e. The van der Waals surface area contributed by atoms with Gasteiger partial charge in [0.1, 0.15) is 11.9 Å². The molecule has 1 aliphatic rings. The van der Waals surface area contributed by atoms with Crippen LogP contribution in [0.1, 0.15) is 23.2 Å². The zero-order valence-corrected chi connectivity index (χ0v) is 14.2. The van der Waals surface area contributed by atoms with Crippen molar-refractivity contribution >= 4 is 11.6 Å². The number of carbonyl (C=O) groups is 1. The van der Waals surface area contributed by atoms with Gasteiger partial charge in [-0.25, -0.2) is 0 Å². The Kier molecular flexibility index (Phi) is 4.99. The van der Waals surface area contributed by atoms with Crippen LogP contribution in [0.2, 0.25) is 0 Å². The highest BCUT2D eigenvalue weighted by molar-refractivity contribution is 5.94. The highest BCUT2D eigenvalue weighted by Crippen LogP contribution is 2.20. The van der Waals surface area contributed by atoms with Gasteiger partial charge in [-0.05, 0) is 36.4 Å². The number of rotatable bonds is 4. The molecule has 0 aliphatic carbocycles. The molecule has 1 fully saturated rings. The summed E-state index contributed by atoms with van der Waals surface area (Å²) in [5.41, 5.74) is 1.84. The maximum absolute atomic E-state index is 12.6. The second kappa shape index (κ2) is 7.34. The summed E-state index contributed by atoms with van der Waals surface area (Å²) >= 11 is 0. The molecular formula is C19H23N3O2. The third-order valence-corrected chi connectivity index (χ3v) is 4.30. The van der Waals surface area contributed by atoms with E-state index in [1.807, 2.05) is 60.3 Å². The van der Waals surface area contributed by atoms with Gasteiger partial charge in [0, 0.05) is 57.5 Å². The molecule has 24 heavy (non-hydrogen) atoms. The van der Waals surface area contributed by atoms with Crippen LogP contribution in [0.4, 0.5) is 5.69 Å². The van der Waals surface area contributed by atoms with Crippen LogP contribution < -0.4 is 9.64 Å². The lowest BCUT2D eigenvalue weighted by Crippen LogP contribution is -2.41. The Morgan fingerprint density at radius 1 is 1.17 bits per heavy atom. The van der Waals surface area contributed by atoms with E-state index in [2.05, 4.69) is 4.98 Å². The molecule has 1 amide bonds. The molecule has 1 saturated heterocycles. The van der Waals surface area contributed by atoms with Gasteiger partial charge in [-0.1, -0.05) is 0 Å².